The van der Waals surface area contributed by atoms with Crippen LogP contribution >= 0.6 is 0 Å². The van der Waals surface area contributed by atoms with E-state index >= 15 is 0 Å². The summed E-state index contributed by atoms with van der Waals surface area (Å²) >= 11 is 0. The first kappa shape index (κ1) is 23.5. The van der Waals surface area contributed by atoms with E-state index in [1.165, 1.54) is 43.9 Å². The van der Waals surface area contributed by atoms with E-state index in [1.54, 1.807) is 7.11 Å². The first-order chi connectivity index (χ1) is 20.3. The molecule has 8 aromatic rings. The molecule has 0 amide bonds. The van der Waals surface area contributed by atoms with Gasteiger partial charge in [0.1, 0.15) is 5.75 Å². The summed E-state index contributed by atoms with van der Waals surface area (Å²) in [4.78, 5) is 4.91. The zero-order valence-electron chi connectivity index (χ0n) is 22.6. The van der Waals surface area contributed by atoms with Crippen LogP contribution in [0.4, 0.5) is 0 Å². The maximum absolute atomic E-state index is 5.41. The molecular weight excluding hydrogens is 500 g/mol. The number of hydrogen-bond donors (Lipinski definition) is 0. The molecule has 0 saturated carbocycles. The zero-order valence-corrected chi connectivity index (χ0v) is 22.6. The third-order valence-corrected chi connectivity index (χ3v) is 8.11. The summed E-state index contributed by atoms with van der Waals surface area (Å²) in [6.07, 6.45) is 1.89. The van der Waals surface area contributed by atoms with Crippen LogP contribution in [0.1, 0.15) is 0 Å². The maximum Gasteiger partial charge on any atom is 0.118 e. The molecule has 0 fully saturated rings. The van der Waals surface area contributed by atoms with Crippen molar-refractivity contribution in [1.82, 2.24) is 9.55 Å². The molecule has 3 nitrogen and oxygen atoms in total. The van der Waals surface area contributed by atoms with Crippen molar-refractivity contribution < 1.29 is 4.74 Å². The highest BCUT2D eigenvalue weighted by molar-refractivity contribution is 6.19. The van der Waals surface area contributed by atoms with Crippen LogP contribution in [0.5, 0.6) is 5.75 Å². The van der Waals surface area contributed by atoms with Crippen molar-refractivity contribution in [3.05, 3.63) is 140 Å². The summed E-state index contributed by atoms with van der Waals surface area (Å²) in [5.41, 5.74) is 9.24. The van der Waals surface area contributed by atoms with Crippen LogP contribution in [0, 0.1) is 0 Å². The van der Waals surface area contributed by atoms with E-state index in [-0.39, 0.29) is 0 Å². The minimum atomic E-state index is 0.850. The van der Waals surface area contributed by atoms with E-state index in [0.29, 0.717) is 0 Å². The summed E-state index contributed by atoms with van der Waals surface area (Å²) in [5.74, 6) is 0.850. The second-order valence-electron chi connectivity index (χ2n) is 10.4. The van der Waals surface area contributed by atoms with Crippen LogP contribution in [0.25, 0.3) is 71.4 Å². The Morgan fingerprint density at radius 2 is 1.32 bits per heavy atom. The van der Waals surface area contributed by atoms with Gasteiger partial charge in [0.25, 0.3) is 0 Å². The largest absolute Gasteiger partial charge is 0.497 e. The molecule has 2 heterocycles. The molecule has 2 aromatic heterocycles. The molecule has 0 aliphatic rings. The Kier molecular flexibility index (Phi) is 5.36. The van der Waals surface area contributed by atoms with Gasteiger partial charge in [-0.2, -0.15) is 0 Å². The lowest BCUT2D eigenvalue weighted by Crippen LogP contribution is -1.95. The summed E-state index contributed by atoms with van der Waals surface area (Å²) in [6.45, 7) is 0. The molecular formula is C38H26N2O. The van der Waals surface area contributed by atoms with Crippen molar-refractivity contribution in [1.29, 1.82) is 0 Å². The molecule has 0 spiro atoms. The minimum Gasteiger partial charge on any atom is -0.497 e. The second kappa shape index (κ2) is 9.35. The molecule has 0 atom stereocenters. The van der Waals surface area contributed by atoms with Crippen molar-refractivity contribution in [3.63, 3.8) is 0 Å². The summed E-state index contributed by atoms with van der Waals surface area (Å²) < 4.78 is 7.80. The molecule has 41 heavy (non-hydrogen) atoms. The predicted octanol–water partition coefficient (Wildman–Crippen LogP) is 9.83. The lowest BCUT2D eigenvalue weighted by atomic mass is 9.95. The number of para-hydroxylation sites is 1. The van der Waals surface area contributed by atoms with Gasteiger partial charge in [0, 0.05) is 33.4 Å². The molecule has 0 unspecified atom stereocenters. The zero-order chi connectivity index (χ0) is 27.3. The lowest BCUT2D eigenvalue weighted by Gasteiger charge is -2.13. The Morgan fingerprint density at radius 3 is 2.17 bits per heavy atom. The molecule has 0 radical (unpaired) electrons. The van der Waals surface area contributed by atoms with Gasteiger partial charge in [0.15, 0.2) is 0 Å². The molecule has 0 saturated heterocycles. The number of rotatable bonds is 4. The minimum absolute atomic E-state index is 0.850. The lowest BCUT2D eigenvalue weighted by molar-refractivity contribution is 0.415. The summed E-state index contributed by atoms with van der Waals surface area (Å²) in [5, 5.41) is 5.93. The second-order valence-corrected chi connectivity index (χ2v) is 10.4. The summed E-state index contributed by atoms with van der Waals surface area (Å²) in [7, 11) is 1.70. The van der Waals surface area contributed by atoms with Gasteiger partial charge >= 0.3 is 0 Å². The molecule has 194 valence electrons. The topological polar surface area (TPSA) is 27.1 Å². The van der Waals surface area contributed by atoms with Gasteiger partial charge in [-0.1, -0.05) is 78.9 Å². The molecule has 0 aliphatic carbocycles. The highest BCUT2D eigenvalue weighted by atomic mass is 16.5. The Hall–Kier alpha value is -5.41. The van der Waals surface area contributed by atoms with Gasteiger partial charge in [0.05, 0.1) is 23.7 Å². The first-order valence-electron chi connectivity index (χ1n) is 13.8. The first-order valence-corrected chi connectivity index (χ1v) is 13.8. The van der Waals surface area contributed by atoms with Gasteiger partial charge in [-0.05, 0) is 82.2 Å². The highest BCUT2D eigenvalue weighted by Gasteiger charge is 2.17. The fourth-order valence-electron chi connectivity index (χ4n) is 6.17. The smallest absolute Gasteiger partial charge is 0.118 e. The van der Waals surface area contributed by atoms with Crippen molar-refractivity contribution in [2.75, 3.05) is 7.11 Å². The van der Waals surface area contributed by atoms with Crippen LogP contribution in [-0.4, -0.2) is 16.7 Å². The van der Waals surface area contributed by atoms with Crippen LogP contribution in [0.3, 0.4) is 0 Å². The van der Waals surface area contributed by atoms with Gasteiger partial charge in [-0.15, -0.1) is 0 Å². The van der Waals surface area contributed by atoms with Gasteiger partial charge in [0.2, 0.25) is 0 Å². The Balaban J connectivity index is 1.43. The third-order valence-electron chi connectivity index (χ3n) is 8.11. The number of pyridine rings is 1. The maximum atomic E-state index is 5.41. The molecule has 3 heteroatoms. The Labute approximate surface area is 237 Å². The average molecular weight is 527 g/mol. The van der Waals surface area contributed by atoms with Gasteiger partial charge in [-0.3, -0.25) is 4.98 Å². The number of fused-ring (bicyclic) bond motifs is 6. The van der Waals surface area contributed by atoms with Crippen molar-refractivity contribution in [2.45, 2.75) is 0 Å². The molecule has 0 aliphatic heterocycles. The van der Waals surface area contributed by atoms with Crippen LogP contribution in [0.15, 0.2) is 140 Å². The summed E-state index contributed by atoms with van der Waals surface area (Å²) in [6, 6.07) is 47.5. The van der Waals surface area contributed by atoms with E-state index in [0.717, 1.165) is 33.3 Å². The monoisotopic (exact) mass is 526 g/mol. The van der Waals surface area contributed by atoms with E-state index in [4.69, 9.17) is 9.72 Å². The number of aromatic nitrogens is 2. The quantitative estimate of drug-likeness (QED) is 0.213. The average Bonchev–Trinajstić information content (AvgIpc) is 3.37. The van der Waals surface area contributed by atoms with E-state index < -0.39 is 0 Å². The van der Waals surface area contributed by atoms with Crippen molar-refractivity contribution in [2.24, 2.45) is 0 Å². The van der Waals surface area contributed by atoms with E-state index in [9.17, 15) is 0 Å². The fourth-order valence-corrected chi connectivity index (χ4v) is 6.17. The van der Waals surface area contributed by atoms with Crippen LogP contribution < -0.4 is 4.74 Å². The van der Waals surface area contributed by atoms with Gasteiger partial charge in [-0.25, -0.2) is 0 Å². The third kappa shape index (κ3) is 3.78. The predicted molar refractivity (Wildman–Crippen MR) is 171 cm³/mol. The normalized spacial score (nSPS) is 11.5. The van der Waals surface area contributed by atoms with Crippen molar-refractivity contribution in [3.8, 4) is 33.7 Å². The number of hydrogen-bond acceptors (Lipinski definition) is 2. The number of ether oxygens (including phenoxy) is 1. The van der Waals surface area contributed by atoms with E-state index in [2.05, 4.69) is 120 Å². The highest BCUT2D eigenvalue weighted by Crippen LogP contribution is 2.40. The molecule has 6 aromatic carbocycles. The SMILES string of the molecule is COc1ccc(-c2cc3cc4c5ccccc5n(-c5cccc(-c6ccccc6)c5)c4cc3c3ncccc23)cc1. The number of benzene rings is 6. The van der Waals surface area contributed by atoms with Crippen LogP contribution in [0.2, 0.25) is 0 Å². The Bertz CT molecular complexity index is 2230. The number of nitrogens with zero attached hydrogens (tertiary/aromatic N) is 2. The molecule has 0 N–H and O–H groups in total. The Morgan fingerprint density at radius 1 is 0.537 bits per heavy atom. The van der Waals surface area contributed by atoms with Crippen molar-refractivity contribution >= 4 is 43.5 Å². The standard InChI is InChI=1S/C38H26N2O/c1-41-30-18-16-26(17-19-30)33-22-28-23-35-31-13-5-6-15-36(31)40(37(35)24-34(28)38-32(33)14-8-20-39-38)29-12-7-11-27(21-29)25-9-3-2-4-10-25/h2-24H,1H3. The molecule has 0 bridgehead atoms. The van der Waals surface area contributed by atoms with Gasteiger partial charge < -0.3 is 9.30 Å². The fraction of sp³-hybridized carbons (Fsp3) is 0.0263. The molecule has 8 rings (SSSR count). The number of methoxy groups -OCH3 is 1. The van der Waals surface area contributed by atoms with Crippen LogP contribution in [-0.2, 0) is 0 Å². The van der Waals surface area contributed by atoms with E-state index in [1.807, 2.05) is 24.4 Å².